The minimum Gasteiger partial charge on any atom is -0.316 e. The Hall–Kier alpha value is -2.28. The molecule has 1 aliphatic carbocycles. The van der Waals surface area contributed by atoms with Crippen molar-refractivity contribution in [1.82, 2.24) is 4.57 Å². The molecule has 0 saturated heterocycles. The predicted molar refractivity (Wildman–Crippen MR) is 98.2 cm³/mol. The number of allylic oxidation sites excluding steroid dienone is 2. The summed E-state index contributed by atoms with van der Waals surface area (Å²) in [6.07, 6.45) is 9.50. The third-order valence-electron chi connectivity index (χ3n) is 5.43. The van der Waals surface area contributed by atoms with E-state index in [9.17, 15) is 0 Å². The zero-order chi connectivity index (χ0) is 15.9. The molecule has 1 heterocycles. The number of hydrogen-bond acceptors (Lipinski definition) is 0. The number of benzene rings is 2. The van der Waals surface area contributed by atoms with Crippen molar-refractivity contribution in [1.29, 1.82) is 0 Å². The number of para-hydroxylation sites is 2. The molecule has 0 radical (unpaired) electrons. The van der Waals surface area contributed by atoms with Crippen molar-refractivity contribution in [3.8, 4) is 5.69 Å². The lowest BCUT2D eigenvalue weighted by atomic mass is 9.95. The van der Waals surface area contributed by atoms with Crippen molar-refractivity contribution in [2.45, 2.75) is 32.6 Å². The predicted octanol–water partition coefficient (Wildman–Crippen LogP) is 6.09. The highest BCUT2D eigenvalue weighted by molar-refractivity contribution is 5.86. The van der Waals surface area contributed by atoms with Crippen LogP contribution in [0.15, 0.2) is 72.9 Å². The molecule has 2 atom stereocenters. The third kappa shape index (κ3) is 2.23. The van der Waals surface area contributed by atoms with E-state index in [0.717, 1.165) is 0 Å². The van der Waals surface area contributed by atoms with E-state index in [4.69, 9.17) is 0 Å². The smallest absolute Gasteiger partial charge is 0.0531 e. The van der Waals surface area contributed by atoms with Crippen LogP contribution in [-0.2, 0) is 0 Å². The molecule has 0 spiro atoms. The monoisotopic (exact) mass is 301 g/mol. The zero-order valence-electron chi connectivity index (χ0n) is 13.9. The fraction of sp³-hybridized carbons (Fsp3) is 0.273. The number of nitrogens with zero attached hydrogens (tertiary/aromatic N) is 1. The van der Waals surface area contributed by atoms with Crippen molar-refractivity contribution < 1.29 is 0 Å². The van der Waals surface area contributed by atoms with E-state index in [2.05, 4.69) is 91.4 Å². The molecule has 1 heteroatoms. The van der Waals surface area contributed by atoms with Crippen LogP contribution >= 0.6 is 0 Å². The first-order valence-corrected chi connectivity index (χ1v) is 8.58. The Labute approximate surface area is 138 Å². The zero-order valence-corrected chi connectivity index (χ0v) is 13.9. The minimum absolute atomic E-state index is 0.375. The first-order chi connectivity index (χ1) is 11.3. The van der Waals surface area contributed by atoms with Gasteiger partial charge in [0.05, 0.1) is 5.52 Å². The van der Waals surface area contributed by atoms with Crippen LogP contribution in [-0.4, -0.2) is 4.57 Å². The van der Waals surface area contributed by atoms with Gasteiger partial charge in [-0.15, -0.1) is 0 Å². The van der Waals surface area contributed by atoms with Crippen molar-refractivity contribution in [3.63, 3.8) is 0 Å². The summed E-state index contributed by atoms with van der Waals surface area (Å²) in [6, 6.07) is 19.5. The Morgan fingerprint density at radius 1 is 1.09 bits per heavy atom. The van der Waals surface area contributed by atoms with Crippen LogP contribution < -0.4 is 0 Å². The molecule has 2 unspecified atom stereocenters. The van der Waals surface area contributed by atoms with Gasteiger partial charge in [-0.2, -0.15) is 0 Å². The molecule has 0 amide bonds. The van der Waals surface area contributed by atoms with Crippen LogP contribution in [0.5, 0.6) is 0 Å². The Kier molecular flexibility index (Phi) is 3.37. The van der Waals surface area contributed by atoms with Crippen LogP contribution in [0.3, 0.4) is 0 Å². The van der Waals surface area contributed by atoms with Gasteiger partial charge < -0.3 is 4.57 Å². The summed E-state index contributed by atoms with van der Waals surface area (Å²) in [5.74, 6) is 0.651. The lowest BCUT2D eigenvalue weighted by Crippen LogP contribution is -1.97. The van der Waals surface area contributed by atoms with Gasteiger partial charge >= 0.3 is 0 Å². The average molecular weight is 301 g/mol. The van der Waals surface area contributed by atoms with E-state index in [1.807, 2.05) is 0 Å². The van der Waals surface area contributed by atoms with Crippen LogP contribution in [0, 0.1) is 5.41 Å². The second-order valence-corrected chi connectivity index (χ2v) is 6.65. The van der Waals surface area contributed by atoms with Crippen molar-refractivity contribution >= 4 is 10.9 Å². The highest BCUT2D eigenvalue weighted by Crippen LogP contribution is 2.63. The Bertz CT molecular complexity index is 856. The summed E-state index contributed by atoms with van der Waals surface area (Å²) >= 11 is 0. The summed E-state index contributed by atoms with van der Waals surface area (Å²) in [5.41, 5.74) is 4.43. The fourth-order valence-electron chi connectivity index (χ4n) is 4.05. The van der Waals surface area contributed by atoms with E-state index in [1.54, 1.807) is 0 Å². The maximum atomic E-state index is 2.42. The molecule has 23 heavy (non-hydrogen) atoms. The van der Waals surface area contributed by atoms with Gasteiger partial charge in [-0.1, -0.05) is 55.5 Å². The Balaban J connectivity index is 1.87. The Morgan fingerprint density at radius 3 is 2.57 bits per heavy atom. The highest BCUT2D eigenvalue weighted by Gasteiger charge is 2.52. The van der Waals surface area contributed by atoms with E-state index in [-0.39, 0.29) is 0 Å². The van der Waals surface area contributed by atoms with Crippen molar-refractivity contribution in [3.05, 3.63) is 78.5 Å². The van der Waals surface area contributed by atoms with Gasteiger partial charge in [0.2, 0.25) is 0 Å². The molecule has 1 aliphatic rings. The molecule has 0 aliphatic heterocycles. The van der Waals surface area contributed by atoms with Gasteiger partial charge in [-0.3, -0.25) is 0 Å². The summed E-state index contributed by atoms with van der Waals surface area (Å²) < 4.78 is 2.35. The van der Waals surface area contributed by atoms with Crippen LogP contribution in [0.4, 0.5) is 0 Å². The van der Waals surface area contributed by atoms with Gasteiger partial charge in [-0.05, 0) is 54.9 Å². The standard InChI is InChI=1S/C22H23N/c1-3-14-22(4-2)15-20(22)19-16-23(17-10-6-5-7-11-17)21-13-9-8-12-18(19)21/h3,5-14,16,20H,4,15H2,1-2H3/b14-3-. The molecule has 4 rings (SSSR count). The molecule has 3 aromatic rings. The first-order valence-electron chi connectivity index (χ1n) is 8.58. The summed E-state index contributed by atoms with van der Waals surface area (Å²) in [5, 5.41) is 1.40. The SMILES string of the molecule is C/C=C\C1(CC)CC1c1cn(-c2ccccc2)c2ccccc12. The minimum atomic E-state index is 0.375. The molecule has 116 valence electrons. The number of hydrogen-bond donors (Lipinski definition) is 0. The van der Waals surface area contributed by atoms with E-state index >= 15 is 0 Å². The summed E-state index contributed by atoms with van der Waals surface area (Å²) in [7, 11) is 0. The second kappa shape index (κ2) is 5.42. The lowest BCUT2D eigenvalue weighted by molar-refractivity contribution is 0.599. The van der Waals surface area contributed by atoms with Crippen molar-refractivity contribution in [2.75, 3.05) is 0 Å². The van der Waals surface area contributed by atoms with Gasteiger partial charge in [0.1, 0.15) is 0 Å². The molecular formula is C22H23N. The summed E-state index contributed by atoms with van der Waals surface area (Å²) in [6.45, 7) is 4.45. The molecule has 1 aromatic heterocycles. The molecular weight excluding hydrogens is 278 g/mol. The second-order valence-electron chi connectivity index (χ2n) is 6.65. The first kappa shape index (κ1) is 14.3. The van der Waals surface area contributed by atoms with Crippen LogP contribution in [0.1, 0.15) is 38.2 Å². The normalized spacial score (nSPS) is 23.7. The quantitative estimate of drug-likeness (QED) is 0.514. The maximum Gasteiger partial charge on any atom is 0.0531 e. The van der Waals surface area contributed by atoms with Crippen LogP contribution in [0.25, 0.3) is 16.6 Å². The van der Waals surface area contributed by atoms with Gasteiger partial charge in [-0.25, -0.2) is 0 Å². The average Bonchev–Trinajstić information content (AvgIpc) is 3.19. The number of aromatic nitrogens is 1. The summed E-state index contributed by atoms with van der Waals surface area (Å²) in [4.78, 5) is 0. The molecule has 2 aromatic carbocycles. The van der Waals surface area contributed by atoms with E-state index < -0.39 is 0 Å². The van der Waals surface area contributed by atoms with Gasteiger partial charge in [0.25, 0.3) is 0 Å². The molecule has 0 bridgehead atoms. The molecule has 1 saturated carbocycles. The van der Waals surface area contributed by atoms with Crippen LogP contribution in [0.2, 0.25) is 0 Å². The molecule has 1 nitrogen and oxygen atoms in total. The van der Waals surface area contributed by atoms with Crippen molar-refractivity contribution in [2.24, 2.45) is 5.41 Å². The van der Waals surface area contributed by atoms with E-state index in [1.165, 1.54) is 35.0 Å². The maximum absolute atomic E-state index is 2.42. The highest BCUT2D eigenvalue weighted by atomic mass is 15.0. The number of fused-ring (bicyclic) bond motifs is 1. The fourth-order valence-corrected chi connectivity index (χ4v) is 4.05. The van der Waals surface area contributed by atoms with E-state index in [0.29, 0.717) is 11.3 Å². The molecule has 1 fully saturated rings. The topological polar surface area (TPSA) is 4.93 Å². The van der Waals surface area contributed by atoms with Gasteiger partial charge in [0.15, 0.2) is 0 Å². The lowest BCUT2D eigenvalue weighted by Gasteiger charge is -2.08. The number of rotatable bonds is 4. The molecule has 0 N–H and O–H groups in total. The third-order valence-corrected chi connectivity index (χ3v) is 5.43. The largest absolute Gasteiger partial charge is 0.316 e. The Morgan fingerprint density at radius 2 is 1.83 bits per heavy atom. The van der Waals surface area contributed by atoms with Gasteiger partial charge in [0, 0.05) is 17.3 Å².